The summed E-state index contributed by atoms with van der Waals surface area (Å²) >= 11 is 2.01. The molecule has 0 saturated heterocycles. The molecule has 0 radical (unpaired) electrons. The summed E-state index contributed by atoms with van der Waals surface area (Å²) in [6, 6.07) is 0.582. The van der Waals surface area contributed by atoms with Crippen LogP contribution in [0.2, 0.25) is 0 Å². The van der Waals surface area contributed by atoms with Crippen molar-refractivity contribution in [1.29, 1.82) is 0 Å². The Morgan fingerprint density at radius 2 is 2.08 bits per heavy atom. The van der Waals surface area contributed by atoms with E-state index in [4.69, 9.17) is 5.73 Å². The lowest BCUT2D eigenvalue weighted by atomic mass is 10.2. The van der Waals surface area contributed by atoms with Crippen LogP contribution in [0, 0.1) is 0 Å². The van der Waals surface area contributed by atoms with E-state index in [0.717, 1.165) is 6.54 Å². The zero-order valence-electron chi connectivity index (χ0n) is 9.25. The molecule has 2 N–H and O–H groups in total. The highest BCUT2D eigenvalue weighted by atomic mass is 32.2. The molecule has 0 fully saturated rings. The summed E-state index contributed by atoms with van der Waals surface area (Å²) in [5, 5.41) is 0. The average molecular weight is 204 g/mol. The van der Waals surface area contributed by atoms with Gasteiger partial charge in [-0.25, -0.2) is 0 Å². The number of hydrogen-bond donors (Lipinski definition) is 1. The molecule has 0 aliphatic carbocycles. The summed E-state index contributed by atoms with van der Waals surface area (Å²) in [6.07, 6.45) is 2.44. The van der Waals surface area contributed by atoms with Crippen LogP contribution in [0.1, 0.15) is 26.7 Å². The maximum Gasteiger partial charge on any atom is 0.0223 e. The zero-order valence-corrected chi connectivity index (χ0v) is 10.1. The first-order valence-electron chi connectivity index (χ1n) is 5.24. The fourth-order valence-corrected chi connectivity index (χ4v) is 2.14. The highest BCUT2D eigenvalue weighted by Crippen LogP contribution is 2.07. The molecule has 0 saturated carbocycles. The summed E-state index contributed by atoms with van der Waals surface area (Å²) in [5.74, 6) is 2.46. The van der Waals surface area contributed by atoms with Crippen LogP contribution in [-0.2, 0) is 0 Å². The predicted molar refractivity (Wildman–Crippen MR) is 63.4 cm³/mol. The van der Waals surface area contributed by atoms with E-state index >= 15 is 0 Å². The van der Waals surface area contributed by atoms with E-state index in [1.54, 1.807) is 0 Å². The smallest absolute Gasteiger partial charge is 0.0223 e. The molecule has 0 aliphatic heterocycles. The lowest BCUT2D eigenvalue weighted by molar-refractivity contribution is 0.243. The largest absolute Gasteiger partial charge is 0.329 e. The van der Waals surface area contributed by atoms with Crippen molar-refractivity contribution in [2.75, 3.05) is 31.6 Å². The van der Waals surface area contributed by atoms with Crippen molar-refractivity contribution in [2.24, 2.45) is 5.73 Å². The van der Waals surface area contributed by atoms with Crippen LogP contribution in [0.3, 0.4) is 0 Å². The third-order valence-corrected chi connectivity index (χ3v) is 3.20. The number of thioether (sulfide) groups is 1. The molecule has 0 rings (SSSR count). The van der Waals surface area contributed by atoms with Crippen LogP contribution in [-0.4, -0.2) is 42.6 Å². The molecule has 13 heavy (non-hydrogen) atoms. The number of nitrogens with two attached hydrogens (primary N) is 1. The van der Waals surface area contributed by atoms with Gasteiger partial charge in [0.05, 0.1) is 0 Å². The molecule has 80 valence electrons. The third kappa shape index (κ3) is 6.36. The zero-order chi connectivity index (χ0) is 10.1. The quantitative estimate of drug-likeness (QED) is 0.611. The molecule has 1 unspecified atom stereocenters. The summed E-state index contributed by atoms with van der Waals surface area (Å²) in [6.45, 7) is 6.38. The highest BCUT2D eigenvalue weighted by Gasteiger charge is 2.10. The molecule has 0 aromatic carbocycles. The van der Waals surface area contributed by atoms with E-state index in [1.807, 2.05) is 11.8 Å². The van der Waals surface area contributed by atoms with E-state index in [0.29, 0.717) is 6.04 Å². The molecule has 1 atom stereocenters. The van der Waals surface area contributed by atoms with Crippen molar-refractivity contribution in [1.82, 2.24) is 4.90 Å². The standard InChI is InChI=1S/C10H24N2S/c1-4-7-12(3)10(9-11)6-8-13-5-2/h10H,4-9,11H2,1-3H3. The van der Waals surface area contributed by atoms with E-state index in [2.05, 4.69) is 25.8 Å². The Hall–Kier alpha value is 0.270. The fourth-order valence-electron chi connectivity index (χ4n) is 1.42. The monoisotopic (exact) mass is 204 g/mol. The summed E-state index contributed by atoms with van der Waals surface area (Å²) in [4.78, 5) is 2.39. The van der Waals surface area contributed by atoms with E-state index in [9.17, 15) is 0 Å². The molecule has 0 bridgehead atoms. The van der Waals surface area contributed by atoms with Crippen LogP contribution in [0.5, 0.6) is 0 Å². The fraction of sp³-hybridized carbons (Fsp3) is 1.00. The van der Waals surface area contributed by atoms with Crippen LogP contribution in [0.25, 0.3) is 0 Å². The van der Waals surface area contributed by atoms with Gasteiger partial charge >= 0.3 is 0 Å². The highest BCUT2D eigenvalue weighted by molar-refractivity contribution is 7.99. The number of likely N-dealkylation sites (N-methyl/N-ethyl adjacent to an activating group) is 1. The van der Waals surface area contributed by atoms with Gasteiger partial charge in [-0.3, -0.25) is 0 Å². The Morgan fingerprint density at radius 3 is 2.54 bits per heavy atom. The Morgan fingerprint density at radius 1 is 1.38 bits per heavy atom. The number of rotatable bonds is 8. The van der Waals surface area contributed by atoms with Gasteiger partial charge < -0.3 is 10.6 Å². The van der Waals surface area contributed by atoms with Crippen molar-refractivity contribution in [3.05, 3.63) is 0 Å². The van der Waals surface area contributed by atoms with Crippen LogP contribution >= 0.6 is 11.8 Å². The molecule has 0 aliphatic rings. The molecule has 3 heteroatoms. The third-order valence-electron chi connectivity index (χ3n) is 2.27. The predicted octanol–water partition coefficient (Wildman–Crippen LogP) is 1.80. The first-order valence-corrected chi connectivity index (χ1v) is 6.39. The normalized spacial score (nSPS) is 13.6. The second-order valence-corrected chi connectivity index (χ2v) is 4.75. The van der Waals surface area contributed by atoms with Crippen molar-refractivity contribution < 1.29 is 0 Å². The van der Waals surface area contributed by atoms with Gasteiger partial charge in [-0.15, -0.1) is 0 Å². The second-order valence-electron chi connectivity index (χ2n) is 3.36. The lowest BCUT2D eigenvalue weighted by Gasteiger charge is -2.26. The second kappa shape index (κ2) is 8.85. The minimum absolute atomic E-state index is 0.582. The molecule has 0 aromatic rings. The van der Waals surface area contributed by atoms with Gasteiger partial charge in [-0.2, -0.15) is 11.8 Å². The molecule has 0 amide bonds. The summed E-state index contributed by atoms with van der Waals surface area (Å²) in [7, 11) is 2.18. The molecular weight excluding hydrogens is 180 g/mol. The molecular formula is C10H24N2S. The summed E-state index contributed by atoms with van der Waals surface area (Å²) in [5.41, 5.74) is 5.74. The number of hydrogen-bond acceptors (Lipinski definition) is 3. The van der Waals surface area contributed by atoms with Crippen LogP contribution in [0.4, 0.5) is 0 Å². The minimum Gasteiger partial charge on any atom is -0.329 e. The van der Waals surface area contributed by atoms with Crippen LogP contribution in [0.15, 0.2) is 0 Å². The van der Waals surface area contributed by atoms with E-state index in [-0.39, 0.29) is 0 Å². The van der Waals surface area contributed by atoms with Gasteiger partial charge in [-0.1, -0.05) is 13.8 Å². The first kappa shape index (κ1) is 13.3. The van der Waals surface area contributed by atoms with Gasteiger partial charge in [0, 0.05) is 12.6 Å². The first-order chi connectivity index (χ1) is 6.26. The maximum absolute atomic E-state index is 5.74. The van der Waals surface area contributed by atoms with Crippen LogP contribution < -0.4 is 5.73 Å². The maximum atomic E-state index is 5.74. The van der Waals surface area contributed by atoms with Gasteiger partial charge in [-0.05, 0) is 37.9 Å². The Bertz CT molecular complexity index is 109. The lowest BCUT2D eigenvalue weighted by Crippen LogP contribution is -2.38. The van der Waals surface area contributed by atoms with E-state index in [1.165, 1.54) is 30.9 Å². The SMILES string of the molecule is CCCN(C)C(CN)CCSCC. The van der Waals surface area contributed by atoms with Gasteiger partial charge in [0.15, 0.2) is 0 Å². The van der Waals surface area contributed by atoms with Crippen molar-refractivity contribution in [2.45, 2.75) is 32.7 Å². The van der Waals surface area contributed by atoms with Crippen molar-refractivity contribution >= 4 is 11.8 Å². The van der Waals surface area contributed by atoms with Gasteiger partial charge in [0.1, 0.15) is 0 Å². The van der Waals surface area contributed by atoms with Crippen molar-refractivity contribution in [3.63, 3.8) is 0 Å². The summed E-state index contributed by atoms with van der Waals surface area (Å²) < 4.78 is 0. The molecule has 0 spiro atoms. The Kier molecular flexibility index (Phi) is 9.03. The van der Waals surface area contributed by atoms with Gasteiger partial charge in [0.2, 0.25) is 0 Å². The average Bonchev–Trinajstić information content (AvgIpc) is 2.13. The number of nitrogens with zero attached hydrogens (tertiary/aromatic N) is 1. The molecule has 0 aromatic heterocycles. The molecule has 2 nitrogen and oxygen atoms in total. The Labute approximate surface area is 87.2 Å². The topological polar surface area (TPSA) is 29.3 Å². The van der Waals surface area contributed by atoms with Gasteiger partial charge in [0.25, 0.3) is 0 Å². The minimum atomic E-state index is 0.582. The molecule has 0 heterocycles. The van der Waals surface area contributed by atoms with Crippen molar-refractivity contribution in [3.8, 4) is 0 Å². The Balaban J connectivity index is 3.60. The van der Waals surface area contributed by atoms with E-state index < -0.39 is 0 Å².